The molecule has 26 heavy (non-hydrogen) atoms. The summed E-state index contributed by atoms with van der Waals surface area (Å²) in [5, 5.41) is 6.69. The number of carbonyl (C=O) groups is 1. The molecular formula is C18H19FN4O3. The van der Waals surface area contributed by atoms with Gasteiger partial charge < -0.3 is 9.84 Å². The molecule has 0 saturated heterocycles. The maximum Gasteiger partial charge on any atom is 0.299 e. The number of hydrogen-bond donors (Lipinski definition) is 1. The highest BCUT2D eigenvalue weighted by Gasteiger charge is 2.16. The monoisotopic (exact) mass is 358 g/mol. The maximum atomic E-state index is 13.1. The van der Waals surface area contributed by atoms with Gasteiger partial charge in [0.15, 0.2) is 0 Å². The molecule has 0 spiro atoms. The summed E-state index contributed by atoms with van der Waals surface area (Å²) in [5.74, 6) is -0.482. The minimum atomic E-state index is -0.405. The molecule has 3 aromatic rings. The summed E-state index contributed by atoms with van der Waals surface area (Å²) in [5.41, 5.74) is 0.896. The predicted octanol–water partition coefficient (Wildman–Crippen LogP) is 2.50. The molecule has 8 heteroatoms. The van der Waals surface area contributed by atoms with Gasteiger partial charge in [-0.1, -0.05) is 18.5 Å². The van der Waals surface area contributed by atoms with Gasteiger partial charge in [0.2, 0.25) is 5.91 Å². The second kappa shape index (κ2) is 7.90. The van der Waals surface area contributed by atoms with Gasteiger partial charge in [0.1, 0.15) is 17.0 Å². The third-order valence-electron chi connectivity index (χ3n) is 4.00. The van der Waals surface area contributed by atoms with E-state index in [2.05, 4.69) is 15.5 Å². The van der Waals surface area contributed by atoms with E-state index >= 15 is 0 Å². The van der Waals surface area contributed by atoms with Crippen LogP contribution < -0.4 is 10.9 Å². The molecule has 2 heterocycles. The van der Waals surface area contributed by atoms with Crippen molar-refractivity contribution in [2.45, 2.75) is 32.7 Å². The van der Waals surface area contributed by atoms with Crippen LogP contribution in [0, 0.1) is 5.82 Å². The summed E-state index contributed by atoms with van der Waals surface area (Å²) in [6.07, 6.45) is 3.47. The third kappa shape index (κ3) is 3.79. The van der Waals surface area contributed by atoms with Crippen molar-refractivity contribution < 1.29 is 13.7 Å². The highest BCUT2D eigenvalue weighted by atomic mass is 19.1. The van der Waals surface area contributed by atoms with E-state index in [1.54, 1.807) is 12.1 Å². The van der Waals surface area contributed by atoms with Crippen LogP contribution in [-0.4, -0.2) is 27.2 Å². The van der Waals surface area contributed by atoms with Crippen LogP contribution in [0.1, 0.15) is 26.2 Å². The summed E-state index contributed by atoms with van der Waals surface area (Å²) in [6.45, 7) is 2.88. The molecular weight excluding hydrogens is 339 g/mol. The highest BCUT2D eigenvalue weighted by molar-refractivity contribution is 5.87. The first kappa shape index (κ1) is 17.8. The predicted molar refractivity (Wildman–Crippen MR) is 94.0 cm³/mol. The van der Waals surface area contributed by atoms with E-state index in [1.165, 1.54) is 23.0 Å². The first-order chi connectivity index (χ1) is 12.6. The second-order valence-electron chi connectivity index (χ2n) is 5.91. The lowest BCUT2D eigenvalue weighted by molar-refractivity contribution is -0.121. The van der Waals surface area contributed by atoms with Crippen molar-refractivity contribution in [1.29, 1.82) is 0 Å². The number of halogens is 1. The van der Waals surface area contributed by atoms with Gasteiger partial charge >= 0.3 is 0 Å². The fourth-order valence-electron chi connectivity index (χ4n) is 2.53. The Morgan fingerprint density at radius 1 is 1.31 bits per heavy atom. The zero-order chi connectivity index (χ0) is 18.5. The van der Waals surface area contributed by atoms with Crippen LogP contribution in [-0.2, 0) is 11.3 Å². The minimum absolute atomic E-state index is 0.0122. The summed E-state index contributed by atoms with van der Waals surface area (Å²) >= 11 is 0. The number of aromatic nitrogens is 3. The van der Waals surface area contributed by atoms with Crippen LogP contribution in [0.3, 0.4) is 0 Å². The average molecular weight is 358 g/mol. The lowest BCUT2D eigenvalue weighted by Gasteiger charge is -2.06. The van der Waals surface area contributed by atoms with Crippen molar-refractivity contribution in [1.82, 2.24) is 20.0 Å². The number of rotatable bonds is 7. The number of fused-ring (bicyclic) bond motifs is 1. The largest absolute Gasteiger partial charge is 0.356 e. The molecule has 0 saturated carbocycles. The van der Waals surface area contributed by atoms with E-state index < -0.39 is 5.56 Å². The van der Waals surface area contributed by atoms with Gasteiger partial charge in [-0.25, -0.2) is 9.37 Å². The lowest BCUT2D eigenvalue weighted by atomic mass is 10.1. The van der Waals surface area contributed by atoms with Crippen molar-refractivity contribution in [2.75, 3.05) is 6.54 Å². The SMILES string of the molecule is CCCCNC(=O)CCn1cnc2c(-c3ccc(F)cc3)noc2c1=O. The molecule has 0 unspecified atom stereocenters. The fraction of sp³-hybridized carbons (Fsp3) is 0.333. The molecule has 3 rings (SSSR count). The number of hydrogen-bond acceptors (Lipinski definition) is 5. The average Bonchev–Trinajstić information content (AvgIpc) is 3.07. The lowest BCUT2D eigenvalue weighted by Crippen LogP contribution is -2.28. The van der Waals surface area contributed by atoms with Gasteiger partial charge in [0.05, 0.1) is 6.33 Å². The molecule has 1 aromatic carbocycles. The van der Waals surface area contributed by atoms with Crippen LogP contribution in [0.15, 0.2) is 39.9 Å². The summed E-state index contributed by atoms with van der Waals surface area (Å²) < 4.78 is 19.5. The molecule has 7 nitrogen and oxygen atoms in total. The number of nitrogens with zero attached hydrogens (tertiary/aromatic N) is 3. The van der Waals surface area contributed by atoms with Crippen LogP contribution in [0.2, 0.25) is 0 Å². The number of aryl methyl sites for hydroxylation is 1. The van der Waals surface area contributed by atoms with Crippen LogP contribution in [0.5, 0.6) is 0 Å². The van der Waals surface area contributed by atoms with Gasteiger partial charge in [0, 0.05) is 25.1 Å². The number of benzene rings is 1. The molecule has 0 aliphatic heterocycles. The van der Waals surface area contributed by atoms with Gasteiger partial charge in [-0.15, -0.1) is 0 Å². The summed E-state index contributed by atoms with van der Waals surface area (Å²) in [4.78, 5) is 28.5. The van der Waals surface area contributed by atoms with Crippen molar-refractivity contribution in [2.24, 2.45) is 0 Å². The van der Waals surface area contributed by atoms with Crippen LogP contribution >= 0.6 is 0 Å². The van der Waals surface area contributed by atoms with E-state index in [0.29, 0.717) is 23.3 Å². The van der Waals surface area contributed by atoms with E-state index in [0.717, 1.165) is 12.8 Å². The highest BCUT2D eigenvalue weighted by Crippen LogP contribution is 2.24. The number of nitrogens with one attached hydrogen (secondary N) is 1. The summed E-state index contributed by atoms with van der Waals surface area (Å²) in [6, 6.07) is 5.68. The fourth-order valence-corrected chi connectivity index (χ4v) is 2.53. The van der Waals surface area contributed by atoms with Gasteiger partial charge in [0.25, 0.3) is 11.1 Å². The Hall–Kier alpha value is -3.03. The van der Waals surface area contributed by atoms with Crippen LogP contribution in [0.25, 0.3) is 22.4 Å². The minimum Gasteiger partial charge on any atom is -0.356 e. The van der Waals surface area contributed by atoms with Crippen molar-refractivity contribution in [3.63, 3.8) is 0 Å². The van der Waals surface area contributed by atoms with E-state index in [4.69, 9.17) is 4.52 Å². The molecule has 0 aliphatic rings. The van der Waals surface area contributed by atoms with E-state index in [-0.39, 0.29) is 30.3 Å². The summed E-state index contributed by atoms with van der Waals surface area (Å²) in [7, 11) is 0. The molecule has 2 aromatic heterocycles. The van der Waals surface area contributed by atoms with E-state index in [9.17, 15) is 14.0 Å². The Kier molecular flexibility index (Phi) is 5.40. The van der Waals surface area contributed by atoms with Crippen molar-refractivity contribution in [3.05, 3.63) is 46.8 Å². The number of unbranched alkanes of at least 4 members (excludes halogenated alkanes) is 1. The van der Waals surface area contributed by atoms with Gasteiger partial charge in [-0.2, -0.15) is 0 Å². The molecule has 0 bridgehead atoms. The van der Waals surface area contributed by atoms with Crippen LogP contribution in [0.4, 0.5) is 4.39 Å². The zero-order valence-corrected chi connectivity index (χ0v) is 14.4. The Bertz CT molecular complexity index is 963. The zero-order valence-electron chi connectivity index (χ0n) is 14.4. The standard InChI is InChI=1S/C18H19FN4O3/c1-2-3-9-20-14(24)8-10-23-11-21-16-15(22-26-17(16)18(23)25)12-4-6-13(19)7-5-12/h4-7,11H,2-3,8-10H2,1H3,(H,20,24). The Morgan fingerprint density at radius 3 is 2.81 bits per heavy atom. The quantitative estimate of drug-likeness (QED) is 0.656. The van der Waals surface area contributed by atoms with E-state index in [1.807, 2.05) is 6.92 Å². The van der Waals surface area contributed by atoms with Crippen molar-refractivity contribution in [3.8, 4) is 11.3 Å². The molecule has 1 N–H and O–H groups in total. The Balaban J connectivity index is 1.78. The molecule has 0 atom stereocenters. The normalized spacial score (nSPS) is 11.0. The molecule has 1 amide bonds. The second-order valence-corrected chi connectivity index (χ2v) is 5.91. The van der Waals surface area contributed by atoms with Gasteiger partial charge in [-0.3, -0.25) is 14.2 Å². The van der Waals surface area contributed by atoms with Gasteiger partial charge in [-0.05, 0) is 30.7 Å². The first-order valence-corrected chi connectivity index (χ1v) is 8.47. The molecule has 136 valence electrons. The Labute approximate surface area is 148 Å². The molecule has 0 aliphatic carbocycles. The third-order valence-corrected chi connectivity index (χ3v) is 4.00. The molecule has 0 fully saturated rings. The first-order valence-electron chi connectivity index (χ1n) is 8.47. The smallest absolute Gasteiger partial charge is 0.299 e. The number of carbonyl (C=O) groups excluding carboxylic acids is 1. The molecule has 0 radical (unpaired) electrons. The topological polar surface area (TPSA) is 90.0 Å². The number of amides is 1. The maximum absolute atomic E-state index is 13.1. The Morgan fingerprint density at radius 2 is 2.08 bits per heavy atom. The van der Waals surface area contributed by atoms with Crippen molar-refractivity contribution >= 4 is 17.0 Å².